The molecule has 0 aromatic carbocycles. The fraction of sp³-hybridized carbons (Fsp3) is 1.00. The molecule has 0 unspecified atom stereocenters. The summed E-state index contributed by atoms with van der Waals surface area (Å²) in [5.74, 6) is 0. The summed E-state index contributed by atoms with van der Waals surface area (Å²) < 4.78 is 36.0. The lowest BCUT2D eigenvalue weighted by Gasteiger charge is -2.37. The SMILES string of the molecule is C[C@H]1CN(CC(F)(F)F)CCN1C. The number of piperazine rings is 1. The Hall–Kier alpha value is -0.290. The third-order valence-electron chi connectivity index (χ3n) is 2.45. The lowest BCUT2D eigenvalue weighted by atomic mass is 10.2. The Morgan fingerprint density at radius 1 is 1.31 bits per heavy atom. The van der Waals surface area contributed by atoms with Crippen molar-refractivity contribution in [2.75, 3.05) is 33.2 Å². The average Bonchev–Trinajstić information content (AvgIpc) is 1.94. The molecule has 0 N–H and O–H groups in total. The second-order valence-corrected chi connectivity index (χ2v) is 3.68. The molecule has 2 nitrogen and oxygen atoms in total. The Labute approximate surface area is 76.3 Å². The largest absolute Gasteiger partial charge is 0.401 e. The lowest BCUT2D eigenvalue weighted by Crippen LogP contribution is -2.52. The highest BCUT2D eigenvalue weighted by Crippen LogP contribution is 2.18. The van der Waals surface area contributed by atoms with Gasteiger partial charge in [-0.1, -0.05) is 0 Å². The first-order valence-corrected chi connectivity index (χ1v) is 4.38. The maximum Gasteiger partial charge on any atom is 0.401 e. The summed E-state index contributed by atoms with van der Waals surface area (Å²) in [6.45, 7) is 2.92. The van der Waals surface area contributed by atoms with E-state index in [1.165, 1.54) is 4.90 Å². The third-order valence-corrected chi connectivity index (χ3v) is 2.45. The van der Waals surface area contributed by atoms with Crippen LogP contribution < -0.4 is 0 Å². The Balaban J connectivity index is 2.38. The van der Waals surface area contributed by atoms with E-state index in [2.05, 4.69) is 4.90 Å². The van der Waals surface area contributed by atoms with Crippen LogP contribution in [0.5, 0.6) is 0 Å². The molecule has 1 heterocycles. The molecule has 0 aromatic heterocycles. The average molecular weight is 196 g/mol. The standard InChI is InChI=1S/C8H15F3N2/c1-7-5-13(4-3-12(7)2)6-8(9,10)11/h7H,3-6H2,1-2H3/t7-/m0/s1. The van der Waals surface area contributed by atoms with Gasteiger partial charge >= 0.3 is 6.18 Å². The number of likely N-dealkylation sites (N-methyl/N-ethyl adjacent to an activating group) is 1. The Kier molecular flexibility index (Phi) is 3.18. The molecule has 0 spiro atoms. The first-order chi connectivity index (χ1) is 5.88. The first-order valence-electron chi connectivity index (χ1n) is 4.38. The van der Waals surface area contributed by atoms with Crippen molar-refractivity contribution in [2.45, 2.75) is 19.1 Å². The minimum absolute atomic E-state index is 0.219. The van der Waals surface area contributed by atoms with Crippen LogP contribution in [-0.4, -0.2) is 55.2 Å². The van der Waals surface area contributed by atoms with Crippen molar-refractivity contribution in [3.63, 3.8) is 0 Å². The molecule has 1 atom stereocenters. The molecule has 1 saturated heterocycles. The topological polar surface area (TPSA) is 6.48 Å². The maximum absolute atomic E-state index is 12.0. The molecule has 1 fully saturated rings. The summed E-state index contributed by atoms with van der Waals surface area (Å²) in [5, 5.41) is 0. The number of hydrogen-bond donors (Lipinski definition) is 0. The minimum Gasteiger partial charge on any atom is -0.301 e. The molecule has 0 aromatic rings. The van der Waals surface area contributed by atoms with Gasteiger partial charge in [-0.25, -0.2) is 0 Å². The quantitative estimate of drug-likeness (QED) is 0.621. The van der Waals surface area contributed by atoms with Gasteiger partial charge < -0.3 is 4.90 Å². The van der Waals surface area contributed by atoms with Crippen LogP contribution in [0.15, 0.2) is 0 Å². The van der Waals surface area contributed by atoms with Crippen LogP contribution >= 0.6 is 0 Å². The lowest BCUT2D eigenvalue weighted by molar-refractivity contribution is -0.150. The molecule has 78 valence electrons. The van der Waals surface area contributed by atoms with Crippen molar-refractivity contribution >= 4 is 0 Å². The second-order valence-electron chi connectivity index (χ2n) is 3.68. The second kappa shape index (κ2) is 3.84. The molecule has 0 amide bonds. The number of rotatable bonds is 1. The van der Waals surface area contributed by atoms with Crippen LogP contribution in [0.3, 0.4) is 0 Å². The van der Waals surface area contributed by atoms with Gasteiger partial charge in [0, 0.05) is 25.7 Å². The van der Waals surface area contributed by atoms with Gasteiger partial charge in [-0.3, -0.25) is 4.90 Å². The van der Waals surface area contributed by atoms with E-state index in [0.717, 1.165) is 6.54 Å². The highest BCUT2D eigenvalue weighted by molar-refractivity contribution is 4.77. The minimum atomic E-state index is -4.06. The number of alkyl halides is 3. The van der Waals surface area contributed by atoms with Gasteiger partial charge in [0.2, 0.25) is 0 Å². The molecule has 1 aliphatic rings. The van der Waals surface area contributed by atoms with Gasteiger partial charge in [0.25, 0.3) is 0 Å². The highest BCUT2D eigenvalue weighted by atomic mass is 19.4. The molecule has 0 bridgehead atoms. The van der Waals surface area contributed by atoms with Crippen molar-refractivity contribution in [3.05, 3.63) is 0 Å². The van der Waals surface area contributed by atoms with Crippen LogP contribution in [-0.2, 0) is 0 Å². The van der Waals surface area contributed by atoms with Crippen molar-refractivity contribution < 1.29 is 13.2 Å². The molecular formula is C8H15F3N2. The van der Waals surface area contributed by atoms with Crippen molar-refractivity contribution in [3.8, 4) is 0 Å². The van der Waals surface area contributed by atoms with Crippen molar-refractivity contribution in [1.29, 1.82) is 0 Å². The molecular weight excluding hydrogens is 181 g/mol. The van der Waals surface area contributed by atoms with Gasteiger partial charge in [-0.2, -0.15) is 13.2 Å². The molecule has 5 heteroatoms. The van der Waals surface area contributed by atoms with E-state index in [4.69, 9.17) is 0 Å². The normalized spacial score (nSPS) is 27.9. The predicted molar refractivity (Wildman–Crippen MR) is 44.6 cm³/mol. The van der Waals surface area contributed by atoms with Gasteiger partial charge in [-0.05, 0) is 14.0 Å². The number of nitrogens with zero attached hydrogens (tertiary/aromatic N) is 2. The predicted octanol–water partition coefficient (Wildman–Crippen LogP) is 1.18. The van der Waals surface area contributed by atoms with E-state index < -0.39 is 12.7 Å². The first kappa shape index (κ1) is 10.8. The fourth-order valence-corrected chi connectivity index (χ4v) is 1.52. The monoisotopic (exact) mass is 196 g/mol. The summed E-state index contributed by atoms with van der Waals surface area (Å²) in [6, 6.07) is 0.219. The van der Waals surface area contributed by atoms with E-state index in [9.17, 15) is 13.2 Å². The maximum atomic E-state index is 12.0. The Morgan fingerprint density at radius 3 is 2.38 bits per heavy atom. The zero-order valence-electron chi connectivity index (χ0n) is 7.93. The number of hydrogen-bond acceptors (Lipinski definition) is 2. The van der Waals surface area contributed by atoms with E-state index in [1.54, 1.807) is 0 Å². The van der Waals surface area contributed by atoms with Crippen LogP contribution in [0.2, 0.25) is 0 Å². The van der Waals surface area contributed by atoms with E-state index >= 15 is 0 Å². The van der Waals surface area contributed by atoms with Gasteiger partial charge in [0.1, 0.15) is 0 Å². The third kappa shape index (κ3) is 3.52. The summed E-state index contributed by atoms with van der Waals surface area (Å²) in [4.78, 5) is 3.54. The van der Waals surface area contributed by atoms with Crippen molar-refractivity contribution in [1.82, 2.24) is 9.80 Å². The molecule has 1 aliphatic heterocycles. The summed E-state index contributed by atoms with van der Waals surface area (Å²) in [6.07, 6.45) is -4.06. The number of halogens is 3. The Morgan fingerprint density at radius 2 is 1.92 bits per heavy atom. The summed E-state index contributed by atoms with van der Waals surface area (Å²) in [7, 11) is 1.94. The van der Waals surface area contributed by atoms with Crippen LogP contribution in [0.1, 0.15) is 6.92 Å². The van der Waals surface area contributed by atoms with E-state index in [1.807, 2.05) is 14.0 Å². The zero-order valence-corrected chi connectivity index (χ0v) is 7.93. The van der Waals surface area contributed by atoms with E-state index in [-0.39, 0.29) is 6.04 Å². The van der Waals surface area contributed by atoms with Crippen LogP contribution in [0.4, 0.5) is 13.2 Å². The smallest absolute Gasteiger partial charge is 0.301 e. The Bertz CT molecular complexity index is 169. The molecule has 1 rings (SSSR count). The van der Waals surface area contributed by atoms with Crippen LogP contribution in [0.25, 0.3) is 0 Å². The van der Waals surface area contributed by atoms with Gasteiger partial charge in [0.05, 0.1) is 6.54 Å². The summed E-state index contributed by atoms with van der Waals surface area (Å²) >= 11 is 0. The molecule has 0 saturated carbocycles. The van der Waals surface area contributed by atoms with Gasteiger partial charge in [0.15, 0.2) is 0 Å². The van der Waals surface area contributed by atoms with Crippen LogP contribution in [0, 0.1) is 0 Å². The van der Waals surface area contributed by atoms with E-state index in [0.29, 0.717) is 13.1 Å². The van der Waals surface area contributed by atoms with Gasteiger partial charge in [-0.15, -0.1) is 0 Å². The molecule has 13 heavy (non-hydrogen) atoms. The fourth-order valence-electron chi connectivity index (χ4n) is 1.52. The van der Waals surface area contributed by atoms with Crippen molar-refractivity contribution in [2.24, 2.45) is 0 Å². The molecule has 0 radical (unpaired) electrons. The zero-order chi connectivity index (χ0) is 10.1. The summed E-state index contributed by atoms with van der Waals surface area (Å²) in [5.41, 5.74) is 0. The molecule has 0 aliphatic carbocycles. The highest BCUT2D eigenvalue weighted by Gasteiger charge is 2.33.